The molecule has 1 aliphatic heterocycles. The number of carbonyl (C=O) groups is 1. The van der Waals surface area contributed by atoms with Gasteiger partial charge in [0.05, 0.1) is 17.9 Å². The summed E-state index contributed by atoms with van der Waals surface area (Å²) in [6.45, 7) is 3.89. The summed E-state index contributed by atoms with van der Waals surface area (Å²) in [4.78, 5) is 13.9. The van der Waals surface area contributed by atoms with Crippen molar-refractivity contribution in [2.45, 2.75) is 44.6 Å². The minimum absolute atomic E-state index is 0.0694. The topological polar surface area (TPSA) is 87.7 Å². The van der Waals surface area contributed by atoms with Crippen molar-refractivity contribution in [3.8, 4) is 5.75 Å². The van der Waals surface area contributed by atoms with Gasteiger partial charge >= 0.3 is 12.2 Å². The quantitative estimate of drug-likeness (QED) is 0.734. The Morgan fingerprint density at radius 2 is 1.89 bits per heavy atom. The van der Waals surface area contributed by atoms with Crippen LogP contribution in [-0.2, 0) is 16.2 Å². The molecule has 158 valence electrons. The molecule has 0 spiro atoms. The maximum Gasteiger partial charge on any atom is 0.416 e. The van der Waals surface area contributed by atoms with E-state index in [4.69, 9.17) is 4.74 Å². The van der Waals surface area contributed by atoms with E-state index in [1.165, 1.54) is 17.0 Å². The maximum absolute atomic E-state index is 12.7. The molecule has 2 N–H and O–H groups in total. The van der Waals surface area contributed by atoms with Gasteiger partial charge in [0, 0.05) is 18.6 Å². The minimum atomic E-state index is -4.45. The number of rotatable bonds is 6. The van der Waals surface area contributed by atoms with Crippen LogP contribution in [0.15, 0.2) is 24.3 Å². The van der Waals surface area contributed by atoms with E-state index in [0.717, 1.165) is 18.4 Å². The summed E-state index contributed by atoms with van der Waals surface area (Å²) >= 11 is 0. The highest BCUT2D eigenvalue weighted by atomic mass is 32.2. The second-order valence-electron chi connectivity index (χ2n) is 6.72. The van der Waals surface area contributed by atoms with Crippen molar-refractivity contribution in [1.82, 2.24) is 14.9 Å². The van der Waals surface area contributed by atoms with Gasteiger partial charge in [-0.15, -0.1) is 0 Å². The summed E-state index contributed by atoms with van der Waals surface area (Å²) in [6, 6.07) is 2.41. The van der Waals surface area contributed by atoms with Crippen LogP contribution in [0.4, 0.5) is 18.0 Å². The molecule has 3 atom stereocenters. The van der Waals surface area contributed by atoms with Crippen LogP contribution in [0.25, 0.3) is 0 Å². The smallest absolute Gasteiger partial charge is 0.416 e. The van der Waals surface area contributed by atoms with Gasteiger partial charge in [0.15, 0.2) is 0 Å². The molecular weight excluding hydrogens is 399 g/mol. The molecule has 11 heteroatoms. The van der Waals surface area contributed by atoms with Crippen molar-refractivity contribution in [2.24, 2.45) is 0 Å². The van der Waals surface area contributed by atoms with E-state index >= 15 is 0 Å². The molecule has 1 aromatic rings. The van der Waals surface area contributed by atoms with E-state index in [9.17, 15) is 26.4 Å². The van der Waals surface area contributed by atoms with Crippen LogP contribution in [0.5, 0.6) is 5.75 Å². The Balaban J connectivity index is 2.17. The number of hydrogen-bond acceptors (Lipinski definition) is 4. The first kappa shape index (κ1) is 22.3. The number of urea groups is 1. The third-order valence-electron chi connectivity index (χ3n) is 4.42. The summed E-state index contributed by atoms with van der Waals surface area (Å²) in [7, 11) is -3.52. The van der Waals surface area contributed by atoms with Crippen LogP contribution in [0.3, 0.4) is 0 Å². The Morgan fingerprint density at radius 3 is 2.39 bits per heavy atom. The van der Waals surface area contributed by atoms with Gasteiger partial charge in [-0.2, -0.15) is 13.2 Å². The van der Waals surface area contributed by atoms with E-state index in [-0.39, 0.29) is 24.4 Å². The fourth-order valence-corrected chi connectivity index (χ4v) is 4.08. The van der Waals surface area contributed by atoms with Crippen molar-refractivity contribution >= 4 is 16.1 Å². The Kier molecular flexibility index (Phi) is 6.81. The second kappa shape index (κ2) is 8.56. The van der Waals surface area contributed by atoms with Gasteiger partial charge in [-0.1, -0.05) is 0 Å². The lowest BCUT2D eigenvalue weighted by Gasteiger charge is -2.30. The Labute approximate surface area is 162 Å². The van der Waals surface area contributed by atoms with Gasteiger partial charge < -0.3 is 15.0 Å². The maximum atomic E-state index is 12.7. The third kappa shape index (κ3) is 5.74. The summed E-state index contributed by atoms with van der Waals surface area (Å²) in [5.41, 5.74) is -0.796. The summed E-state index contributed by atoms with van der Waals surface area (Å²) in [6.07, 6.45) is -3.02. The number of alkyl halides is 3. The normalized spacial score (nSPS) is 22.9. The monoisotopic (exact) mass is 423 g/mol. The Bertz CT molecular complexity index is 784. The van der Waals surface area contributed by atoms with Crippen molar-refractivity contribution in [3.05, 3.63) is 29.8 Å². The summed E-state index contributed by atoms with van der Waals surface area (Å²) in [5, 5.41) is 2.68. The highest BCUT2D eigenvalue weighted by Gasteiger charge is 2.43. The van der Waals surface area contributed by atoms with Gasteiger partial charge in [0.25, 0.3) is 0 Å². The van der Waals surface area contributed by atoms with Crippen LogP contribution in [0.2, 0.25) is 0 Å². The molecule has 1 fully saturated rings. The number of hydrogen-bond donors (Lipinski definition) is 2. The number of nitrogens with one attached hydrogen (secondary N) is 2. The molecule has 2 amide bonds. The van der Waals surface area contributed by atoms with E-state index in [1.54, 1.807) is 13.8 Å². The molecule has 7 nitrogen and oxygen atoms in total. The molecule has 0 aromatic heterocycles. The predicted molar refractivity (Wildman–Crippen MR) is 97.5 cm³/mol. The highest BCUT2D eigenvalue weighted by molar-refractivity contribution is 7.88. The van der Waals surface area contributed by atoms with Crippen molar-refractivity contribution in [1.29, 1.82) is 0 Å². The fourth-order valence-electron chi connectivity index (χ4n) is 3.27. The highest BCUT2D eigenvalue weighted by Crippen LogP contribution is 2.31. The van der Waals surface area contributed by atoms with Crippen LogP contribution in [-0.4, -0.2) is 56.9 Å². The molecule has 0 saturated carbocycles. The van der Waals surface area contributed by atoms with Crippen LogP contribution in [0, 0.1) is 0 Å². The number of sulfonamides is 1. The van der Waals surface area contributed by atoms with Crippen LogP contribution in [0.1, 0.15) is 25.8 Å². The molecular formula is C17H24F3N3O4S. The zero-order valence-electron chi connectivity index (χ0n) is 15.8. The van der Waals surface area contributed by atoms with Gasteiger partial charge in [-0.3, -0.25) is 0 Å². The van der Waals surface area contributed by atoms with E-state index in [0.29, 0.717) is 13.0 Å². The SMILES string of the molecule is CCNC(=O)N1C(C)CC(NS(C)(=O)=O)C1COc1ccc(C(F)(F)F)cc1. The third-order valence-corrected chi connectivity index (χ3v) is 5.15. The fraction of sp³-hybridized carbons (Fsp3) is 0.588. The molecule has 0 radical (unpaired) electrons. The number of ether oxygens (including phenoxy) is 1. The van der Waals surface area contributed by atoms with Gasteiger partial charge in [0.2, 0.25) is 10.0 Å². The standard InChI is InChI=1S/C17H24F3N3O4S/c1-4-21-16(24)23-11(2)9-14(22-28(3,25)26)15(23)10-27-13-7-5-12(6-8-13)17(18,19)20/h5-8,11,14-15,22H,4,9-10H2,1-3H3,(H,21,24). The van der Waals surface area contributed by atoms with Gasteiger partial charge in [0.1, 0.15) is 12.4 Å². The number of carbonyl (C=O) groups excluding carboxylic acids is 1. The molecule has 2 rings (SSSR count). The van der Waals surface area contributed by atoms with Crippen molar-refractivity contribution < 1.29 is 31.1 Å². The molecule has 3 unspecified atom stereocenters. The number of halogens is 3. The zero-order valence-corrected chi connectivity index (χ0v) is 16.6. The number of benzene rings is 1. The van der Waals surface area contributed by atoms with Crippen LogP contribution >= 0.6 is 0 Å². The number of amides is 2. The molecule has 1 saturated heterocycles. The Hall–Kier alpha value is -2.01. The lowest BCUT2D eigenvalue weighted by molar-refractivity contribution is -0.137. The van der Waals surface area contributed by atoms with Crippen LogP contribution < -0.4 is 14.8 Å². The van der Waals surface area contributed by atoms with E-state index < -0.39 is 33.8 Å². The van der Waals surface area contributed by atoms with Crippen molar-refractivity contribution in [3.63, 3.8) is 0 Å². The molecule has 0 bridgehead atoms. The molecule has 0 aliphatic carbocycles. The van der Waals surface area contributed by atoms with Gasteiger partial charge in [-0.05, 0) is 44.5 Å². The largest absolute Gasteiger partial charge is 0.491 e. The minimum Gasteiger partial charge on any atom is -0.491 e. The average Bonchev–Trinajstić information content (AvgIpc) is 2.86. The lowest BCUT2D eigenvalue weighted by atomic mass is 10.1. The molecule has 1 aliphatic rings. The summed E-state index contributed by atoms with van der Waals surface area (Å²) in [5.74, 6) is 0.196. The molecule has 1 aromatic carbocycles. The Morgan fingerprint density at radius 1 is 1.29 bits per heavy atom. The van der Waals surface area contributed by atoms with Crippen molar-refractivity contribution in [2.75, 3.05) is 19.4 Å². The molecule has 28 heavy (non-hydrogen) atoms. The summed E-state index contributed by atoms with van der Waals surface area (Å²) < 4.78 is 69.4. The predicted octanol–water partition coefficient (Wildman–Crippen LogP) is 2.19. The van der Waals surface area contributed by atoms with E-state index in [1.807, 2.05) is 0 Å². The first-order valence-electron chi connectivity index (χ1n) is 8.76. The number of likely N-dealkylation sites (tertiary alicyclic amines) is 1. The van der Waals surface area contributed by atoms with E-state index in [2.05, 4.69) is 10.0 Å². The first-order chi connectivity index (χ1) is 12.9. The zero-order chi connectivity index (χ0) is 21.1. The average molecular weight is 423 g/mol. The first-order valence-corrected chi connectivity index (χ1v) is 10.6. The lowest BCUT2D eigenvalue weighted by Crippen LogP contribution is -2.53. The second-order valence-corrected chi connectivity index (χ2v) is 8.50. The molecule has 1 heterocycles. The van der Waals surface area contributed by atoms with Gasteiger partial charge in [-0.25, -0.2) is 17.9 Å². The number of nitrogens with zero attached hydrogens (tertiary/aromatic N) is 1.